The van der Waals surface area contributed by atoms with E-state index in [-0.39, 0.29) is 11.4 Å². The lowest BCUT2D eigenvalue weighted by Gasteiger charge is -2.05. The number of furan rings is 1. The highest BCUT2D eigenvalue weighted by atomic mass is 16.4. The fourth-order valence-corrected chi connectivity index (χ4v) is 3.53. The summed E-state index contributed by atoms with van der Waals surface area (Å²) in [7, 11) is 0. The molecule has 0 fully saturated rings. The van der Waals surface area contributed by atoms with Gasteiger partial charge in [0.05, 0.1) is 0 Å². The molecule has 3 N–H and O–H groups in total. The van der Waals surface area contributed by atoms with Crippen LogP contribution >= 0.6 is 0 Å². The number of hydrogen-bond acceptors (Lipinski definition) is 6. The standard InChI is InChI=1S/C25H18N4O4/c1-14-5-4-6-17(13-14)25-29-28-24(33-25)16-11-9-15(10-12-16)23(31)27-20-18-7-2-3-8-19(18)32-21(20)22(26)30/h2-13H,1H3,(H2,26,30)(H,27,31). The van der Waals surface area contributed by atoms with Crippen LogP contribution in [0, 0.1) is 6.92 Å². The lowest BCUT2D eigenvalue weighted by molar-refractivity contribution is 0.0977. The molecule has 0 bridgehead atoms. The van der Waals surface area contributed by atoms with Gasteiger partial charge in [0, 0.05) is 22.1 Å². The molecule has 2 heterocycles. The summed E-state index contributed by atoms with van der Waals surface area (Å²) in [5, 5.41) is 11.6. The number of nitrogens with one attached hydrogen (secondary N) is 1. The molecule has 5 aromatic rings. The van der Waals surface area contributed by atoms with Crippen LogP contribution in [0.4, 0.5) is 5.69 Å². The minimum atomic E-state index is -0.766. The number of benzene rings is 3. The van der Waals surface area contributed by atoms with E-state index in [1.807, 2.05) is 31.2 Å². The van der Waals surface area contributed by atoms with Crippen molar-refractivity contribution in [1.82, 2.24) is 10.2 Å². The molecule has 2 amide bonds. The van der Waals surface area contributed by atoms with E-state index < -0.39 is 11.8 Å². The maximum absolute atomic E-state index is 12.8. The largest absolute Gasteiger partial charge is 0.449 e. The Morgan fingerprint density at radius 2 is 1.58 bits per heavy atom. The maximum atomic E-state index is 12.8. The van der Waals surface area contributed by atoms with Crippen molar-refractivity contribution in [2.45, 2.75) is 6.92 Å². The van der Waals surface area contributed by atoms with Gasteiger partial charge in [0.2, 0.25) is 17.5 Å². The predicted octanol–water partition coefficient (Wildman–Crippen LogP) is 4.81. The Balaban J connectivity index is 1.39. The van der Waals surface area contributed by atoms with Crippen LogP contribution in [0.1, 0.15) is 26.5 Å². The minimum absolute atomic E-state index is 0.101. The molecule has 5 rings (SSSR count). The van der Waals surface area contributed by atoms with E-state index in [1.165, 1.54) is 0 Å². The molecule has 0 aliphatic carbocycles. The number of anilines is 1. The molecule has 3 aromatic carbocycles. The van der Waals surface area contributed by atoms with E-state index in [9.17, 15) is 9.59 Å². The number of para-hydroxylation sites is 1. The quantitative estimate of drug-likeness (QED) is 0.406. The second kappa shape index (κ2) is 8.08. The summed E-state index contributed by atoms with van der Waals surface area (Å²) in [4.78, 5) is 24.6. The van der Waals surface area contributed by atoms with Gasteiger partial charge in [-0.2, -0.15) is 0 Å². The average Bonchev–Trinajstić information content (AvgIpc) is 3.45. The Kier molecular flexibility index (Phi) is 4.95. The molecule has 0 atom stereocenters. The molecule has 0 saturated heterocycles. The van der Waals surface area contributed by atoms with E-state index in [0.29, 0.717) is 33.9 Å². The number of nitrogens with zero attached hydrogens (tertiary/aromatic N) is 2. The van der Waals surface area contributed by atoms with Gasteiger partial charge in [-0.05, 0) is 55.5 Å². The fourth-order valence-electron chi connectivity index (χ4n) is 3.53. The molecule has 162 valence electrons. The molecule has 0 aliphatic rings. The van der Waals surface area contributed by atoms with Gasteiger partial charge in [-0.3, -0.25) is 9.59 Å². The monoisotopic (exact) mass is 438 g/mol. The highest BCUT2D eigenvalue weighted by Crippen LogP contribution is 2.31. The van der Waals surface area contributed by atoms with Crippen LogP contribution in [0.15, 0.2) is 81.6 Å². The van der Waals surface area contributed by atoms with Crippen LogP contribution in [-0.4, -0.2) is 22.0 Å². The number of hydrogen-bond donors (Lipinski definition) is 2. The number of nitrogens with two attached hydrogens (primary N) is 1. The van der Waals surface area contributed by atoms with Crippen LogP contribution < -0.4 is 11.1 Å². The second-order valence-electron chi connectivity index (χ2n) is 7.48. The number of fused-ring (bicyclic) bond motifs is 1. The van der Waals surface area contributed by atoms with Crippen molar-refractivity contribution < 1.29 is 18.4 Å². The number of primary amides is 1. The number of rotatable bonds is 5. The third kappa shape index (κ3) is 3.85. The molecule has 0 radical (unpaired) electrons. The number of carbonyl (C=O) groups excluding carboxylic acids is 2. The van der Waals surface area contributed by atoms with Crippen molar-refractivity contribution in [2.75, 3.05) is 5.32 Å². The van der Waals surface area contributed by atoms with Crippen molar-refractivity contribution in [1.29, 1.82) is 0 Å². The number of carbonyl (C=O) groups is 2. The Hall–Kier alpha value is -4.72. The van der Waals surface area contributed by atoms with Gasteiger partial charge in [0.1, 0.15) is 11.3 Å². The van der Waals surface area contributed by atoms with E-state index in [2.05, 4.69) is 15.5 Å². The Bertz CT molecular complexity index is 1500. The fraction of sp³-hybridized carbons (Fsp3) is 0.0400. The zero-order chi connectivity index (χ0) is 22.9. The Labute approximate surface area is 188 Å². The van der Waals surface area contributed by atoms with E-state index in [0.717, 1.165) is 11.1 Å². The summed E-state index contributed by atoms with van der Waals surface area (Å²) in [6, 6.07) is 21.5. The van der Waals surface area contributed by atoms with Crippen molar-refractivity contribution in [3.8, 4) is 22.9 Å². The number of amides is 2. The van der Waals surface area contributed by atoms with Gasteiger partial charge in [-0.15, -0.1) is 10.2 Å². The number of aromatic nitrogens is 2. The van der Waals surface area contributed by atoms with Gasteiger partial charge in [-0.1, -0.05) is 29.8 Å². The van der Waals surface area contributed by atoms with Crippen LogP contribution in [0.2, 0.25) is 0 Å². The zero-order valence-electron chi connectivity index (χ0n) is 17.5. The minimum Gasteiger partial charge on any atom is -0.449 e. The van der Waals surface area contributed by atoms with E-state index in [4.69, 9.17) is 14.6 Å². The van der Waals surface area contributed by atoms with Gasteiger partial charge < -0.3 is 19.9 Å². The lowest BCUT2D eigenvalue weighted by atomic mass is 10.1. The van der Waals surface area contributed by atoms with Crippen molar-refractivity contribution in [3.63, 3.8) is 0 Å². The second-order valence-corrected chi connectivity index (χ2v) is 7.48. The average molecular weight is 438 g/mol. The molecule has 8 nitrogen and oxygen atoms in total. The molecular formula is C25H18N4O4. The highest BCUT2D eigenvalue weighted by molar-refractivity contribution is 6.14. The maximum Gasteiger partial charge on any atom is 0.286 e. The molecule has 8 heteroatoms. The highest BCUT2D eigenvalue weighted by Gasteiger charge is 2.21. The van der Waals surface area contributed by atoms with Crippen LogP contribution in [0.5, 0.6) is 0 Å². The summed E-state index contributed by atoms with van der Waals surface area (Å²) in [5.74, 6) is -0.522. The van der Waals surface area contributed by atoms with Gasteiger partial charge >= 0.3 is 0 Å². The summed E-state index contributed by atoms with van der Waals surface area (Å²) >= 11 is 0. The first-order chi connectivity index (χ1) is 16.0. The van der Waals surface area contributed by atoms with Crippen molar-refractivity contribution in [3.05, 3.63) is 89.7 Å². The summed E-state index contributed by atoms with van der Waals surface area (Å²) in [6.45, 7) is 1.99. The van der Waals surface area contributed by atoms with Crippen LogP contribution in [0.3, 0.4) is 0 Å². The smallest absolute Gasteiger partial charge is 0.286 e. The summed E-state index contributed by atoms with van der Waals surface area (Å²) in [6.07, 6.45) is 0. The zero-order valence-corrected chi connectivity index (χ0v) is 17.5. The van der Waals surface area contributed by atoms with E-state index in [1.54, 1.807) is 48.5 Å². The molecule has 2 aromatic heterocycles. The van der Waals surface area contributed by atoms with Crippen molar-refractivity contribution in [2.24, 2.45) is 5.73 Å². The Morgan fingerprint density at radius 3 is 2.30 bits per heavy atom. The lowest BCUT2D eigenvalue weighted by Crippen LogP contribution is -2.17. The van der Waals surface area contributed by atoms with Gasteiger partial charge in [0.25, 0.3) is 11.8 Å². The molecule has 0 saturated carbocycles. The SMILES string of the molecule is Cc1cccc(-c2nnc(-c3ccc(C(=O)Nc4c(C(N)=O)oc5ccccc45)cc3)o2)c1. The van der Waals surface area contributed by atoms with Crippen LogP contribution in [0.25, 0.3) is 33.9 Å². The molecule has 0 spiro atoms. The molecular weight excluding hydrogens is 420 g/mol. The molecule has 0 aliphatic heterocycles. The summed E-state index contributed by atoms with van der Waals surface area (Å²) < 4.78 is 11.3. The topological polar surface area (TPSA) is 124 Å². The number of aryl methyl sites for hydroxylation is 1. The third-order valence-electron chi connectivity index (χ3n) is 5.14. The first-order valence-electron chi connectivity index (χ1n) is 10.1. The first kappa shape index (κ1) is 20.2. The normalized spacial score (nSPS) is 10.9. The van der Waals surface area contributed by atoms with Crippen molar-refractivity contribution >= 4 is 28.5 Å². The van der Waals surface area contributed by atoms with Crippen LogP contribution in [-0.2, 0) is 0 Å². The first-order valence-corrected chi connectivity index (χ1v) is 10.1. The molecule has 0 unspecified atom stereocenters. The predicted molar refractivity (Wildman–Crippen MR) is 123 cm³/mol. The summed E-state index contributed by atoms with van der Waals surface area (Å²) in [5.41, 5.74) is 9.09. The van der Waals surface area contributed by atoms with E-state index >= 15 is 0 Å². The van der Waals surface area contributed by atoms with Gasteiger partial charge in [0.15, 0.2) is 0 Å². The third-order valence-corrected chi connectivity index (χ3v) is 5.14. The molecule has 33 heavy (non-hydrogen) atoms. The van der Waals surface area contributed by atoms with Gasteiger partial charge in [-0.25, -0.2) is 0 Å². The Morgan fingerprint density at radius 1 is 0.848 bits per heavy atom.